The van der Waals surface area contributed by atoms with Crippen LogP contribution in [0.5, 0.6) is 0 Å². The van der Waals surface area contributed by atoms with Gasteiger partial charge in [-0.2, -0.15) is 0 Å². The van der Waals surface area contributed by atoms with Crippen molar-refractivity contribution in [3.05, 3.63) is 70.2 Å². The molecule has 3 rings (SSSR count). The second-order valence-corrected chi connectivity index (χ2v) is 7.68. The zero-order valence-electron chi connectivity index (χ0n) is 18.1. The van der Waals surface area contributed by atoms with E-state index in [-0.39, 0.29) is 30.1 Å². The summed E-state index contributed by atoms with van der Waals surface area (Å²) in [6.07, 6.45) is -0.115. The summed E-state index contributed by atoms with van der Waals surface area (Å²) in [5.74, 6) is 0.736. The summed E-state index contributed by atoms with van der Waals surface area (Å²) in [7, 11) is 3.47. The molecule has 170 valence electrons. The summed E-state index contributed by atoms with van der Waals surface area (Å²) < 4.78 is 11.1. The molecule has 1 aliphatic rings. The number of hydrogen-bond acceptors (Lipinski definition) is 4. The third-order valence-corrected chi connectivity index (χ3v) is 5.48. The number of nitrogens with one attached hydrogen (secondary N) is 2. The van der Waals surface area contributed by atoms with Crippen molar-refractivity contribution in [3.63, 3.8) is 0 Å². The number of methoxy groups -OCH3 is 1. The van der Waals surface area contributed by atoms with Gasteiger partial charge in [0, 0.05) is 51.9 Å². The Morgan fingerprint density at radius 3 is 2.55 bits per heavy atom. The molecule has 0 spiro atoms. The van der Waals surface area contributed by atoms with E-state index in [1.54, 1.807) is 14.2 Å². The molecular weight excluding hydrogens is 527 g/mol. The molecule has 0 radical (unpaired) electrons. The van der Waals surface area contributed by atoms with Crippen molar-refractivity contribution in [1.82, 2.24) is 15.5 Å². The predicted molar refractivity (Wildman–Crippen MR) is 137 cm³/mol. The Balaban J connectivity index is 0.00000341. The molecular formula is C23H32ClIN4O2. The van der Waals surface area contributed by atoms with Gasteiger partial charge in [0.2, 0.25) is 0 Å². The molecule has 1 atom stereocenters. The maximum atomic E-state index is 6.12. The van der Waals surface area contributed by atoms with E-state index in [2.05, 4.69) is 44.8 Å². The van der Waals surface area contributed by atoms with Crippen molar-refractivity contribution in [2.24, 2.45) is 4.99 Å². The van der Waals surface area contributed by atoms with Gasteiger partial charge in [-0.3, -0.25) is 9.89 Å². The molecule has 0 saturated carbocycles. The normalized spacial score (nSPS) is 15.8. The van der Waals surface area contributed by atoms with Crippen LogP contribution in [0.2, 0.25) is 5.02 Å². The van der Waals surface area contributed by atoms with Gasteiger partial charge in [-0.1, -0.05) is 48.0 Å². The lowest BCUT2D eigenvalue weighted by atomic mass is 10.1. The topological polar surface area (TPSA) is 58.1 Å². The van der Waals surface area contributed by atoms with E-state index in [0.29, 0.717) is 18.1 Å². The summed E-state index contributed by atoms with van der Waals surface area (Å²) in [5, 5.41) is 7.48. The second kappa shape index (κ2) is 13.9. The monoisotopic (exact) mass is 558 g/mol. The Labute approximate surface area is 207 Å². The highest BCUT2D eigenvalue weighted by atomic mass is 127. The third kappa shape index (κ3) is 8.23. The van der Waals surface area contributed by atoms with Gasteiger partial charge in [0.05, 0.1) is 19.3 Å². The lowest BCUT2D eigenvalue weighted by Gasteiger charge is -2.27. The molecule has 1 heterocycles. The molecule has 0 amide bonds. The van der Waals surface area contributed by atoms with Crippen molar-refractivity contribution in [2.45, 2.75) is 19.2 Å². The minimum Gasteiger partial charge on any atom is -0.379 e. The fourth-order valence-corrected chi connectivity index (χ4v) is 3.72. The van der Waals surface area contributed by atoms with Crippen molar-refractivity contribution in [3.8, 4) is 0 Å². The average molecular weight is 559 g/mol. The zero-order chi connectivity index (χ0) is 21.2. The number of ether oxygens (including phenoxy) is 2. The molecule has 0 bridgehead atoms. The number of guanidine groups is 1. The molecule has 0 aromatic heterocycles. The molecule has 8 heteroatoms. The summed E-state index contributed by atoms with van der Waals surface area (Å²) in [6.45, 7) is 5.81. The van der Waals surface area contributed by atoms with E-state index in [1.807, 2.05) is 24.3 Å². The van der Waals surface area contributed by atoms with Crippen LogP contribution < -0.4 is 10.6 Å². The Kier molecular flexibility index (Phi) is 11.6. The number of hydrogen-bond donors (Lipinski definition) is 2. The number of morpholine rings is 1. The second-order valence-electron chi connectivity index (χ2n) is 7.24. The largest absolute Gasteiger partial charge is 0.379 e. The van der Waals surface area contributed by atoms with Crippen LogP contribution >= 0.6 is 35.6 Å². The van der Waals surface area contributed by atoms with E-state index in [4.69, 9.17) is 21.1 Å². The molecule has 6 nitrogen and oxygen atoms in total. The first-order valence-electron chi connectivity index (χ1n) is 10.3. The number of benzene rings is 2. The molecule has 2 N–H and O–H groups in total. The fraction of sp³-hybridized carbons (Fsp3) is 0.435. The van der Waals surface area contributed by atoms with Gasteiger partial charge in [-0.25, -0.2) is 0 Å². The van der Waals surface area contributed by atoms with Gasteiger partial charge < -0.3 is 20.1 Å². The van der Waals surface area contributed by atoms with Gasteiger partial charge in [-0.05, 0) is 28.8 Å². The molecule has 2 aromatic carbocycles. The van der Waals surface area contributed by atoms with E-state index in [1.165, 1.54) is 11.1 Å². The van der Waals surface area contributed by atoms with Crippen molar-refractivity contribution in [2.75, 3.05) is 47.0 Å². The van der Waals surface area contributed by atoms with Crippen LogP contribution in [0.25, 0.3) is 0 Å². The van der Waals surface area contributed by atoms with Gasteiger partial charge in [0.15, 0.2) is 5.96 Å². The van der Waals surface area contributed by atoms with E-state index in [0.717, 1.165) is 44.4 Å². The van der Waals surface area contributed by atoms with Crippen molar-refractivity contribution in [1.29, 1.82) is 0 Å². The zero-order valence-corrected chi connectivity index (χ0v) is 21.2. The van der Waals surface area contributed by atoms with Crippen LogP contribution in [0.1, 0.15) is 22.8 Å². The lowest BCUT2D eigenvalue weighted by molar-refractivity contribution is 0.0341. The van der Waals surface area contributed by atoms with Gasteiger partial charge in [0.1, 0.15) is 0 Å². The Bertz CT molecular complexity index is 831. The minimum atomic E-state index is -0.115. The summed E-state index contributed by atoms with van der Waals surface area (Å²) in [6, 6.07) is 16.3. The van der Waals surface area contributed by atoms with Crippen LogP contribution in [0.15, 0.2) is 53.5 Å². The standard InChI is InChI=1S/C23H31ClN4O2.HI/c1-25-23(27-16-22(29-2)18-8-5-9-21(24)14-18)26-15-19-6-3-4-7-20(19)17-28-10-12-30-13-11-28;/h3-9,14,22H,10-13,15-17H2,1-2H3,(H2,25,26,27);1H. The third-order valence-electron chi connectivity index (χ3n) is 5.25. The maximum absolute atomic E-state index is 6.12. The number of aliphatic imine (C=N–C) groups is 1. The quantitative estimate of drug-likeness (QED) is 0.293. The molecule has 1 saturated heterocycles. The van der Waals surface area contributed by atoms with E-state index in [9.17, 15) is 0 Å². The smallest absolute Gasteiger partial charge is 0.191 e. The highest BCUT2D eigenvalue weighted by Gasteiger charge is 2.14. The Hall–Kier alpha value is -1.39. The first-order chi connectivity index (χ1) is 14.7. The number of halogens is 2. The molecule has 1 fully saturated rings. The number of rotatable bonds is 8. The maximum Gasteiger partial charge on any atom is 0.191 e. The average Bonchev–Trinajstić information content (AvgIpc) is 2.78. The van der Waals surface area contributed by atoms with Gasteiger partial charge in [0.25, 0.3) is 0 Å². The molecule has 1 unspecified atom stereocenters. The molecule has 0 aliphatic carbocycles. The summed E-state index contributed by atoms with van der Waals surface area (Å²) in [5.41, 5.74) is 3.63. The van der Waals surface area contributed by atoms with Gasteiger partial charge in [-0.15, -0.1) is 24.0 Å². The molecule has 1 aliphatic heterocycles. The first-order valence-corrected chi connectivity index (χ1v) is 10.7. The summed E-state index contributed by atoms with van der Waals surface area (Å²) >= 11 is 6.12. The van der Waals surface area contributed by atoms with Crippen LogP contribution in [-0.2, 0) is 22.6 Å². The van der Waals surface area contributed by atoms with Crippen LogP contribution in [0, 0.1) is 0 Å². The minimum absolute atomic E-state index is 0. The van der Waals surface area contributed by atoms with Crippen molar-refractivity contribution >= 4 is 41.5 Å². The lowest BCUT2D eigenvalue weighted by Crippen LogP contribution is -2.39. The molecule has 2 aromatic rings. The fourth-order valence-electron chi connectivity index (χ4n) is 3.52. The van der Waals surface area contributed by atoms with Gasteiger partial charge >= 0.3 is 0 Å². The highest BCUT2D eigenvalue weighted by Crippen LogP contribution is 2.19. The highest BCUT2D eigenvalue weighted by molar-refractivity contribution is 14.0. The van der Waals surface area contributed by atoms with E-state index < -0.39 is 0 Å². The van der Waals surface area contributed by atoms with E-state index >= 15 is 0 Å². The summed E-state index contributed by atoms with van der Waals surface area (Å²) in [4.78, 5) is 6.79. The molecule has 31 heavy (non-hydrogen) atoms. The first kappa shape index (κ1) is 25.9. The van der Waals surface area contributed by atoms with Crippen LogP contribution in [-0.4, -0.2) is 57.9 Å². The Morgan fingerprint density at radius 1 is 1.13 bits per heavy atom. The predicted octanol–water partition coefficient (Wildman–Crippen LogP) is 3.84. The van der Waals surface area contributed by atoms with Crippen LogP contribution in [0.4, 0.5) is 0 Å². The Morgan fingerprint density at radius 2 is 1.87 bits per heavy atom. The van der Waals surface area contributed by atoms with Crippen molar-refractivity contribution < 1.29 is 9.47 Å². The van der Waals surface area contributed by atoms with Crippen LogP contribution in [0.3, 0.4) is 0 Å². The number of nitrogens with zero attached hydrogens (tertiary/aromatic N) is 2. The SMILES string of the molecule is CN=C(NCc1ccccc1CN1CCOCC1)NCC(OC)c1cccc(Cl)c1.I.